The molecule has 0 fully saturated rings. The summed E-state index contributed by atoms with van der Waals surface area (Å²) in [5.74, 6) is -0.449. The summed E-state index contributed by atoms with van der Waals surface area (Å²) in [7, 11) is 0. The number of nitrogens with one attached hydrogen (secondary N) is 1. The Morgan fingerprint density at radius 2 is 1.67 bits per heavy atom. The molecule has 3 aromatic carbocycles. The highest BCUT2D eigenvalue weighted by molar-refractivity contribution is 6.03. The normalized spacial score (nSPS) is 10.7. The fourth-order valence-electron chi connectivity index (χ4n) is 3.24. The number of fused-ring (bicyclic) bond motifs is 1. The van der Waals surface area contributed by atoms with Gasteiger partial charge in [-0.05, 0) is 46.2 Å². The Balaban J connectivity index is 1.79. The molecular formula is C23H19N3O. The van der Waals surface area contributed by atoms with Crippen LogP contribution in [-0.2, 0) is 6.54 Å². The van der Waals surface area contributed by atoms with Crippen molar-refractivity contribution in [3.63, 3.8) is 0 Å². The van der Waals surface area contributed by atoms with Crippen molar-refractivity contribution in [2.75, 3.05) is 5.32 Å². The van der Waals surface area contributed by atoms with E-state index in [2.05, 4.69) is 40.6 Å². The second kappa shape index (κ2) is 7.30. The number of anilines is 1. The predicted molar refractivity (Wildman–Crippen MR) is 109 cm³/mol. The standard InChI is InChI=1S/C23H19N3O/c24-23(27)21-7-3-6-20(22(21)26-15-16-10-12-25-13-11-16)19-9-8-17-4-1-2-5-18(17)14-19/h1-14,26H,15H2,(H2,24,27). The summed E-state index contributed by atoms with van der Waals surface area (Å²) in [4.78, 5) is 16.0. The Hall–Kier alpha value is -3.66. The molecule has 4 heteroatoms. The van der Waals surface area contributed by atoms with Crippen LogP contribution in [0, 0.1) is 0 Å². The van der Waals surface area contributed by atoms with Crippen LogP contribution >= 0.6 is 0 Å². The second-order valence-electron chi connectivity index (χ2n) is 6.36. The Bertz CT molecular complexity index is 1110. The summed E-state index contributed by atoms with van der Waals surface area (Å²) in [5, 5.41) is 5.73. The maximum absolute atomic E-state index is 12.0. The number of pyridine rings is 1. The first-order chi connectivity index (χ1) is 13.2. The summed E-state index contributed by atoms with van der Waals surface area (Å²) in [6, 6.07) is 24.0. The number of aromatic nitrogens is 1. The lowest BCUT2D eigenvalue weighted by Crippen LogP contribution is -2.15. The molecule has 0 radical (unpaired) electrons. The third kappa shape index (κ3) is 3.51. The number of hydrogen-bond acceptors (Lipinski definition) is 3. The molecule has 27 heavy (non-hydrogen) atoms. The second-order valence-corrected chi connectivity index (χ2v) is 6.36. The predicted octanol–water partition coefficient (Wildman–Crippen LogP) is 4.61. The van der Waals surface area contributed by atoms with Crippen molar-refractivity contribution in [3.8, 4) is 11.1 Å². The molecule has 0 aliphatic carbocycles. The van der Waals surface area contributed by atoms with E-state index in [1.807, 2.05) is 36.4 Å². The number of hydrogen-bond donors (Lipinski definition) is 2. The Morgan fingerprint density at radius 1 is 0.889 bits per heavy atom. The molecule has 0 saturated carbocycles. The first-order valence-corrected chi connectivity index (χ1v) is 8.77. The van der Waals surface area contributed by atoms with Crippen molar-refractivity contribution in [1.82, 2.24) is 4.98 Å². The highest BCUT2D eigenvalue weighted by Crippen LogP contribution is 2.33. The molecule has 4 nitrogen and oxygen atoms in total. The first-order valence-electron chi connectivity index (χ1n) is 8.77. The highest BCUT2D eigenvalue weighted by Gasteiger charge is 2.14. The maximum Gasteiger partial charge on any atom is 0.250 e. The zero-order valence-corrected chi connectivity index (χ0v) is 14.7. The van der Waals surface area contributed by atoms with Gasteiger partial charge < -0.3 is 11.1 Å². The molecule has 1 heterocycles. The third-order valence-electron chi connectivity index (χ3n) is 4.61. The molecule has 1 aromatic heterocycles. The first kappa shape index (κ1) is 16.8. The zero-order chi connectivity index (χ0) is 18.6. The average Bonchev–Trinajstić information content (AvgIpc) is 2.72. The summed E-state index contributed by atoms with van der Waals surface area (Å²) < 4.78 is 0. The largest absolute Gasteiger partial charge is 0.380 e. The SMILES string of the molecule is NC(=O)c1cccc(-c2ccc3ccccc3c2)c1NCc1ccncc1. The van der Waals surface area contributed by atoms with Gasteiger partial charge in [0.1, 0.15) is 0 Å². The Labute approximate surface area is 157 Å². The third-order valence-corrected chi connectivity index (χ3v) is 4.61. The minimum Gasteiger partial charge on any atom is -0.380 e. The van der Waals surface area contributed by atoms with Crippen molar-refractivity contribution in [3.05, 3.63) is 96.3 Å². The van der Waals surface area contributed by atoms with Crippen LogP contribution in [0.15, 0.2) is 85.2 Å². The van der Waals surface area contributed by atoms with E-state index in [0.717, 1.165) is 27.8 Å². The van der Waals surface area contributed by atoms with Gasteiger partial charge in [0.15, 0.2) is 0 Å². The fraction of sp³-hybridized carbons (Fsp3) is 0.0435. The number of nitrogens with zero attached hydrogens (tertiary/aromatic N) is 1. The van der Waals surface area contributed by atoms with Crippen LogP contribution in [0.2, 0.25) is 0 Å². The number of para-hydroxylation sites is 1. The summed E-state index contributed by atoms with van der Waals surface area (Å²) in [6.45, 7) is 0.577. The van der Waals surface area contributed by atoms with Crippen LogP contribution < -0.4 is 11.1 Å². The van der Waals surface area contributed by atoms with Crippen LogP contribution in [0.4, 0.5) is 5.69 Å². The number of rotatable bonds is 5. The molecule has 0 saturated heterocycles. The van der Waals surface area contributed by atoms with Crippen LogP contribution in [0.3, 0.4) is 0 Å². The molecule has 0 spiro atoms. The topological polar surface area (TPSA) is 68.0 Å². The van der Waals surface area contributed by atoms with Gasteiger partial charge in [-0.15, -0.1) is 0 Å². The lowest BCUT2D eigenvalue weighted by atomic mass is 9.97. The van der Waals surface area contributed by atoms with Crippen molar-refractivity contribution in [2.24, 2.45) is 5.73 Å². The van der Waals surface area contributed by atoms with E-state index in [4.69, 9.17) is 5.73 Å². The molecule has 0 atom stereocenters. The van der Waals surface area contributed by atoms with Gasteiger partial charge in [0.2, 0.25) is 0 Å². The van der Waals surface area contributed by atoms with E-state index in [1.54, 1.807) is 18.5 Å². The summed E-state index contributed by atoms with van der Waals surface area (Å²) in [5.41, 5.74) is 9.92. The Morgan fingerprint density at radius 3 is 2.44 bits per heavy atom. The monoisotopic (exact) mass is 353 g/mol. The summed E-state index contributed by atoms with van der Waals surface area (Å²) >= 11 is 0. The van der Waals surface area contributed by atoms with Gasteiger partial charge in [-0.25, -0.2) is 0 Å². The fourth-order valence-corrected chi connectivity index (χ4v) is 3.24. The van der Waals surface area contributed by atoms with E-state index in [0.29, 0.717) is 12.1 Å². The van der Waals surface area contributed by atoms with Gasteiger partial charge in [-0.1, -0.05) is 48.5 Å². The van der Waals surface area contributed by atoms with Crippen molar-refractivity contribution in [2.45, 2.75) is 6.54 Å². The van der Waals surface area contributed by atoms with Crippen LogP contribution in [0.1, 0.15) is 15.9 Å². The minimum absolute atomic E-state index is 0.449. The quantitative estimate of drug-likeness (QED) is 0.550. The smallest absolute Gasteiger partial charge is 0.250 e. The van der Waals surface area contributed by atoms with Crippen molar-refractivity contribution >= 4 is 22.4 Å². The van der Waals surface area contributed by atoms with Gasteiger partial charge in [-0.3, -0.25) is 9.78 Å². The number of primary amides is 1. The zero-order valence-electron chi connectivity index (χ0n) is 14.7. The Kier molecular flexibility index (Phi) is 4.54. The molecule has 1 amide bonds. The maximum atomic E-state index is 12.0. The van der Waals surface area contributed by atoms with Gasteiger partial charge in [-0.2, -0.15) is 0 Å². The molecule has 4 aromatic rings. The van der Waals surface area contributed by atoms with Crippen molar-refractivity contribution < 1.29 is 4.79 Å². The molecule has 0 unspecified atom stereocenters. The van der Waals surface area contributed by atoms with Crippen LogP contribution in [-0.4, -0.2) is 10.9 Å². The van der Waals surface area contributed by atoms with Gasteiger partial charge in [0.05, 0.1) is 11.3 Å². The van der Waals surface area contributed by atoms with Crippen LogP contribution in [0.5, 0.6) is 0 Å². The minimum atomic E-state index is -0.449. The number of amides is 1. The van der Waals surface area contributed by atoms with E-state index in [-0.39, 0.29) is 0 Å². The molecule has 0 bridgehead atoms. The summed E-state index contributed by atoms with van der Waals surface area (Å²) in [6.07, 6.45) is 3.50. The molecule has 0 aliphatic heterocycles. The van der Waals surface area contributed by atoms with E-state index in [1.165, 1.54) is 5.39 Å². The lowest BCUT2D eigenvalue weighted by molar-refractivity contribution is 0.100. The molecule has 132 valence electrons. The van der Waals surface area contributed by atoms with Gasteiger partial charge in [0.25, 0.3) is 5.91 Å². The van der Waals surface area contributed by atoms with Gasteiger partial charge >= 0.3 is 0 Å². The number of benzene rings is 3. The highest BCUT2D eigenvalue weighted by atomic mass is 16.1. The number of nitrogens with two attached hydrogens (primary N) is 1. The molecule has 0 aliphatic rings. The van der Waals surface area contributed by atoms with Crippen molar-refractivity contribution in [1.29, 1.82) is 0 Å². The molecule has 4 rings (SSSR count). The average molecular weight is 353 g/mol. The van der Waals surface area contributed by atoms with E-state index < -0.39 is 5.91 Å². The van der Waals surface area contributed by atoms with E-state index >= 15 is 0 Å². The number of carbonyl (C=O) groups excluding carboxylic acids is 1. The van der Waals surface area contributed by atoms with E-state index in [9.17, 15) is 4.79 Å². The number of carbonyl (C=O) groups is 1. The molecular weight excluding hydrogens is 334 g/mol. The lowest BCUT2D eigenvalue weighted by Gasteiger charge is -2.16. The van der Waals surface area contributed by atoms with Crippen LogP contribution in [0.25, 0.3) is 21.9 Å². The van der Waals surface area contributed by atoms with Gasteiger partial charge in [0, 0.05) is 24.5 Å². The molecule has 3 N–H and O–H groups in total.